The van der Waals surface area contributed by atoms with Gasteiger partial charge in [-0.05, 0) is 32.2 Å². The molecule has 0 spiro atoms. The standard InChI is InChI=1S/C10H21NO2/c12-8-4-3-7-11-10(9-13)5-1-2-6-10/h11-13H,1-9H2. The zero-order valence-electron chi connectivity index (χ0n) is 8.26. The minimum absolute atomic E-state index is 0.00938. The highest BCUT2D eigenvalue weighted by Gasteiger charge is 2.31. The molecule has 3 nitrogen and oxygen atoms in total. The van der Waals surface area contributed by atoms with Gasteiger partial charge >= 0.3 is 0 Å². The summed E-state index contributed by atoms with van der Waals surface area (Å²) in [6, 6.07) is 0. The Hall–Kier alpha value is -0.120. The van der Waals surface area contributed by atoms with Crippen molar-refractivity contribution in [2.45, 2.75) is 44.1 Å². The molecular formula is C10H21NO2. The fraction of sp³-hybridized carbons (Fsp3) is 1.00. The molecule has 0 atom stereocenters. The van der Waals surface area contributed by atoms with E-state index >= 15 is 0 Å². The summed E-state index contributed by atoms with van der Waals surface area (Å²) in [6.45, 7) is 1.45. The molecule has 13 heavy (non-hydrogen) atoms. The van der Waals surface area contributed by atoms with Gasteiger partial charge in [-0.3, -0.25) is 0 Å². The van der Waals surface area contributed by atoms with E-state index in [0.717, 1.165) is 32.2 Å². The topological polar surface area (TPSA) is 52.5 Å². The van der Waals surface area contributed by atoms with Gasteiger partial charge in [0.1, 0.15) is 0 Å². The van der Waals surface area contributed by atoms with Crippen LogP contribution in [0.3, 0.4) is 0 Å². The van der Waals surface area contributed by atoms with Crippen LogP contribution < -0.4 is 5.32 Å². The summed E-state index contributed by atoms with van der Waals surface area (Å²) in [6.07, 6.45) is 6.51. The predicted octanol–water partition coefficient (Wildman–Crippen LogP) is 0.654. The molecular weight excluding hydrogens is 166 g/mol. The SMILES string of the molecule is OCCCCNC1(CO)CCCC1. The van der Waals surface area contributed by atoms with Crippen LogP contribution >= 0.6 is 0 Å². The Bertz CT molecular complexity index is 133. The maximum absolute atomic E-state index is 9.26. The van der Waals surface area contributed by atoms with E-state index in [9.17, 15) is 5.11 Å². The van der Waals surface area contributed by atoms with Crippen LogP contribution in [-0.4, -0.2) is 35.5 Å². The van der Waals surface area contributed by atoms with Gasteiger partial charge in [0, 0.05) is 12.1 Å². The second-order valence-corrected chi connectivity index (χ2v) is 4.00. The van der Waals surface area contributed by atoms with Crippen molar-refractivity contribution in [3.63, 3.8) is 0 Å². The average molecular weight is 187 g/mol. The normalized spacial score (nSPS) is 20.8. The molecule has 0 radical (unpaired) electrons. The minimum atomic E-state index is 0.00938. The van der Waals surface area contributed by atoms with Crippen molar-refractivity contribution >= 4 is 0 Å². The van der Waals surface area contributed by atoms with Crippen molar-refractivity contribution < 1.29 is 10.2 Å². The zero-order valence-corrected chi connectivity index (χ0v) is 8.26. The molecule has 0 amide bonds. The van der Waals surface area contributed by atoms with Crippen LogP contribution in [0.1, 0.15) is 38.5 Å². The van der Waals surface area contributed by atoms with Crippen LogP contribution in [0.4, 0.5) is 0 Å². The maximum atomic E-state index is 9.26. The lowest BCUT2D eigenvalue weighted by Crippen LogP contribution is -2.46. The van der Waals surface area contributed by atoms with E-state index in [-0.39, 0.29) is 18.8 Å². The molecule has 0 aromatic heterocycles. The summed E-state index contributed by atoms with van der Waals surface area (Å²) in [7, 11) is 0. The van der Waals surface area contributed by atoms with Gasteiger partial charge in [0.05, 0.1) is 6.61 Å². The summed E-state index contributed by atoms with van der Waals surface area (Å²) >= 11 is 0. The molecule has 1 aliphatic rings. The van der Waals surface area contributed by atoms with Crippen molar-refractivity contribution in [3.05, 3.63) is 0 Å². The Balaban J connectivity index is 2.16. The van der Waals surface area contributed by atoms with Gasteiger partial charge in [-0.1, -0.05) is 12.8 Å². The molecule has 1 fully saturated rings. The highest BCUT2D eigenvalue weighted by Crippen LogP contribution is 2.28. The molecule has 1 saturated carbocycles. The molecule has 3 heteroatoms. The molecule has 1 rings (SSSR count). The van der Waals surface area contributed by atoms with E-state index in [1.807, 2.05) is 0 Å². The smallest absolute Gasteiger partial charge is 0.0613 e. The van der Waals surface area contributed by atoms with E-state index in [1.165, 1.54) is 12.8 Å². The van der Waals surface area contributed by atoms with E-state index in [2.05, 4.69) is 5.32 Å². The van der Waals surface area contributed by atoms with Crippen LogP contribution in [0.5, 0.6) is 0 Å². The Morgan fingerprint density at radius 3 is 2.31 bits per heavy atom. The number of unbranched alkanes of at least 4 members (excludes halogenated alkanes) is 1. The van der Waals surface area contributed by atoms with Crippen molar-refractivity contribution in [2.75, 3.05) is 19.8 Å². The van der Waals surface area contributed by atoms with Crippen LogP contribution in [0, 0.1) is 0 Å². The first-order valence-corrected chi connectivity index (χ1v) is 5.30. The minimum Gasteiger partial charge on any atom is -0.396 e. The first-order valence-electron chi connectivity index (χ1n) is 5.30. The summed E-state index contributed by atoms with van der Waals surface area (Å²) in [5.74, 6) is 0. The number of rotatable bonds is 6. The third kappa shape index (κ3) is 3.25. The van der Waals surface area contributed by atoms with Gasteiger partial charge in [-0.2, -0.15) is 0 Å². The number of aliphatic hydroxyl groups excluding tert-OH is 2. The summed E-state index contributed by atoms with van der Waals surface area (Å²) < 4.78 is 0. The fourth-order valence-electron chi connectivity index (χ4n) is 2.03. The largest absolute Gasteiger partial charge is 0.396 e. The molecule has 0 aromatic carbocycles. The Labute approximate surface area is 80.2 Å². The van der Waals surface area contributed by atoms with E-state index < -0.39 is 0 Å². The molecule has 0 bridgehead atoms. The second kappa shape index (κ2) is 5.58. The van der Waals surface area contributed by atoms with E-state index in [0.29, 0.717) is 0 Å². The second-order valence-electron chi connectivity index (χ2n) is 4.00. The van der Waals surface area contributed by atoms with Crippen LogP contribution in [0.25, 0.3) is 0 Å². The fourth-order valence-corrected chi connectivity index (χ4v) is 2.03. The molecule has 0 saturated heterocycles. The van der Waals surface area contributed by atoms with E-state index in [4.69, 9.17) is 5.11 Å². The lowest BCUT2D eigenvalue weighted by molar-refractivity contribution is 0.163. The lowest BCUT2D eigenvalue weighted by Gasteiger charge is -2.28. The molecule has 3 N–H and O–H groups in total. The highest BCUT2D eigenvalue weighted by molar-refractivity contribution is 4.91. The highest BCUT2D eigenvalue weighted by atomic mass is 16.3. The van der Waals surface area contributed by atoms with Gasteiger partial charge in [0.2, 0.25) is 0 Å². The van der Waals surface area contributed by atoms with Crippen molar-refractivity contribution in [2.24, 2.45) is 0 Å². The van der Waals surface area contributed by atoms with E-state index in [1.54, 1.807) is 0 Å². The average Bonchev–Trinajstić information content (AvgIpc) is 2.62. The monoisotopic (exact) mass is 187 g/mol. The van der Waals surface area contributed by atoms with Crippen molar-refractivity contribution in [1.29, 1.82) is 0 Å². The maximum Gasteiger partial charge on any atom is 0.0613 e. The molecule has 0 aliphatic heterocycles. The molecule has 0 heterocycles. The molecule has 0 aromatic rings. The van der Waals surface area contributed by atoms with Crippen LogP contribution in [0.15, 0.2) is 0 Å². The van der Waals surface area contributed by atoms with Gasteiger partial charge in [0.15, 0.2) is 0 Å². The van der Waals surface area contributed by atoms with Crippen molar-refractivity contribution in [1.82, 2.24) is 5.32 Å². The quantitative estimate of drug-likeness (QED) is 0.535. The van der Waals surface area contributed by atoms with Crippen LogP contribution in [0.2, 0.25) is 0 Å². The number of hydrogen-bond donors (Lipinski definition) is 3. The lowest BCUT2D eigenvalue weighted by atomic mass is 9.99. The van der Waals surface area contributed by atoms with Gasteiger partial charge in [-0.25, -0.2) is 0 Å². The number of hydrogen-bond acceptors (Lipinski definition) is 3. The first-order chi connectivity index (χ1) is 6.33. The Kier molecular flexibility index (Phi) is 4.70. The van der Waals surface area contributed by atoms with Crippen molar-refractivity contribution in [3.8, 4) is 0 Å². The van der Waals surface area contributed by atoms with Gasteiger partial charge in [-0.15, -0.1) is 0 Å². The van der Waals surface area contributed by atoms with Gasteiger partial charge < -0.3 is 15.5 Å². The Morgan fingerprint density at radius 1 is 1.08 bits per heavy atom. The zero-order chi connectivity index (χ0) is 9.57. The van der Waals surface area contributed by atoms with Gasteiger partial charge in [0.25, 0.3) is 0 Å². The Morgan fingerprint density at radius 2 is 1.77 bits per heavy atom. The summed E-state index contributed by atoms with van der Waals surface area (Å²) in [5.41, 5.74) is 0.00938. The number of nitrogens with one attached hydrogen (secondary N) is 1. The predicted molar refractivity (Wildman–Crippen MR) is 52.6 cm³/mol. The summed E-state index contributed by atoms with van der Waals surface area (Å²) in [4.78, 5) is 0. The third-order valence-electron chi connectivity index (χ3n) is 2.95. The first kappa shape index (κ1) is 11.0. The number of aliphatic hydroxyl groups is 2. The summed E-state index contributed by atoms with van der Waals surface area (Å²) in [5, 5.41) is 21.3. The molecule has 78 valence electrons. The third-order valence-corrected chi connectivity index (χ3v) is 2.95. The van der Waals surface area contributed by atoms with Crippen LogP contribution in [-0.2, 0) is 0 Å². The molecule has 1 aliphatic carbocycles. The molecule has 0 unspecified atom stereocenters.